The molecule has 0 aliphatic heterocycles. The number of hydrogen-bond donors (Lipinski definition) is 2. The second-order valence-corrected chi connectivity index (χ2v) is 5.22. The first-order chi connectivity index (χ1) is 9.63. The van der Waals surface area contributed by atoms with Crippen LogP contribution in [0, 0.1) is 5.92 Å². The highest BCUT2D eigenvalue weighted by atomic mass is 35.5. The lowest BCUT2D eigenvalue weighted by molar-refractivity contribution is -0.115. The monoisotopic (exact) mass is 298 g/mol. The van der Waals surface area contributed by atoms with E-state index in [1.165, 1.54) is 27.1 Å². The third-order valence-corrected chi connectivity index (χ3v) is 3.46. The minimum atomic E-state index is -0.120. The van der Waals surface area contributed by atoms with Crippen LogP contribution in [0.5, 0.6) is 11.5 Å². The zero-order chi connectivity index (χ0) is 14.5. The van der Waals surface area contributed by atoms with Gasteiger partial charge in [-0.15, -0.1) is 0 Å². The summed E-state index contributed by atoms with van der Waals surface area (Å²) in [5.41, 5.74) is 0.538. The van der Waals surface area contributed by atoms with Crippen LogP contribution in [0.1, 0.15) is 12.8 Å². The lowest BCUT2D eigenvalue weighted by atomic mass is 10.2. The quantitative estimate of drug-likeness (QED) is 0.811. The predicted octanol–water partition coefficient (Wildman–Crippen LogP) is 2.30. The molecule has 1 aromatic carbocycles. The maximum absolute atomic E-state index is 11.8. The number of amides is 1. The van der Waals surface area contributed by atoms with Gasteiger partial charge in [0.15, 0.2) is 0 Å². The second kappa shape index (κ2) is 6.81. The molecule has 0 unspecified atom stereocenters. The normalized spacial score (nSPS) is 13.9. The van der Waals surface area contributed by atoms with Crippen molar-refractivity contribution in [1.29, 1.82) is 0 Å². The molecule has 20 heavy (non-hydrogen) atoms. The number of carbonyl (C=O) groups is 1. The summed E-state index contributed by atoms with van der Waals surface area (Å²) in [4.78, 5) is 11.8. The number of anilines is 1. The Kier molecular flexibility index (Phi) is 5.09. The first kappa shape index (κ1) is 14.9. The van der Waals surface area contributed by atoms with Crippen LogP contribution in [-0.4, -0.2) is 33.2 Å². The van der Waals surface area contributed by atoms with Crippen LogP contribution < -0.4 is 20.1 Å². The van der Waals surface area contributed by atoms with Crippen LogP contribution in [0.2, 0.25) is 5.02 Å². The first-order valence-electron chi connectivity index (χ1n) is 6.56. The number of hydrogen-bond acceptors (Lipinski definition) is 4. The number of halogens is 1. The van der Waals surface area contributed by atoms with E-state index in [0.29, 0.717) is 22.2 Å². The Morgan fingerprint density at radius 1 is 1.30 bits per heavy atom. The van der Waals surface area contributed by atoms with Crippen molar-refractivity contribution in [2.45, 2.75) is 12.8 Å². The topological polar surface area (TPSA) is 59.6 Å². The zero-order valence-corrected chi connectivity index (χ0v) is 12.4. The summed E-state index contributed by atoms with van der Waals surface area (Å²) in [5.74, 6) is 1.65. The molecule has 1 aliphatic carbocycles. The molecule has 1 aliphatic rings. The van der Waals surface area contributed by atoms with E-state index in [2.05, 4.69) is 10.6 Å². The van der Waals surface area contributed by atoms with Gasteiger partial charge in [0.1, 0.15) is 11.5 Å². The number of methoxy groups -OCH3 is 2. The van der Waals surface area contributed by atoms with E-state index in [-0.39, 0.29) is 12.5 Å². The van der Waals surface area contributed by atoms with Gasteiger partial charge in [0.05, 0.1) is 31.5 Å². The van der Waals surface area contributed by atoms with Crippen molar-refractivity contribution < 1.29 is 14.3 Å². The molecule has 1 fully saturated rings. The molecule has 0 atom stereocenters. The summed E-state index contributed by atoms with van der Waals surface area (Å²) in [6.07, 6.45) is 2.52. The van der Waals surface area contributed by atoms with Crippen molar-refractivity contribution in [3.63, 3.8) is 0 Å². The molecule has 0 heterocycles. The van der Waals surface area contributed by atoms with Gasteiger partial charge < -0.3 is 20.1 Å². The molecule has 0 saturated heterocycles. The molecule has 110 valence electrons. The molecule has 2 N–H and O–H groups in total. The molecular weight excluding hydrogens is 280 g/mol. The third kappa shape index (κ3) is 4.02. The Morgan fingerprint density at radius 2 is 2.00 bits per heavy atom. The number of benzene rings is 1. The molecule has 5 nitrogen and oxygen atoms in total. The van der Waals surface area contributed by atoms with Gasteiger partial charge in [0, 0.05) is 6.07 Å². The van der Waals surface area contributed by atoms with E-state index in [0.717, 1.165) is 12.5 Å². The fourth-order valence-corrected chi connectivity index (χ4v) is 2.10. The van der Waals surface area contributed by atoms with Crippen LogP contribution in [0.4, 0.5) is 5.69 Å². The summed E-state index contributed by atoms with van der Waals surface area (Å²) >= 11 is 6.05. The maximum atomic E-state index is 11.8. The van der Waals surface area contributed by atoms with E-state index < -0.39 is 0 Å². The van der Waals surface area contributed by atoms with Gasteiger partial charge in [0.2, 0.25) is 5.91 Å². The Labute approximate surface area is 123 Å². The standard InChI is InChI=1S/C14H19ClN2O3/c1-19-12-6-13(20-2)11(5-10(12)15)17-14(18)8-16-7-9-3-4-9/h5-6,9,16H,3-4,7-8H2,1-2H3,(H,17,18). The fraction of sp³-hybridized carbons (Fsp3) is 0.500. The minimum absolute atomic E-state index is 0.120. The van der Waals surface area contributed by atoms with Crippen molar-refractivity contribution in [2.24, 2.45) is 5.92 Å². The highest BCUT2D eigenvalue weighted by Crippen LogP contribution is 2.35. The van der Waals surface area contributed by atoms with Gasteiger partial charge in [-0.2, -0.15) is 0 Å². The lowest BCUT2D eigenvalue weighted by Crippen LogP contribution is -2.29. The predicted molar refractivity (Wildman–Crippen MR) is 78.8 cm³/mol. The minimum Gasteiger partial charge on any atom is -0.495 e. The summed E-state index contributed by atoms with van der Waals surface area (Å²) in [5, 5.41) is 6.34. The molecule has 2 rings (SSSR count). The first-order valence-corrected chi connectivity index (χ1v) is 6.94. The Morgan fingerprint density at radius 3 is 2.60 bits per heavy atom. The molecule has 6 heteroatoms. The van der Waals surface area contributed by atoms with E-state index in [1.54, 1.807) is 12.1 Å². The molecule has 0 spiro atoms. The maximum Gasteiger partial charge on any atom is 0.238 e. The highest BCUT2D eigenvalue weighted by molar-refractivity contribution is 6.32. The Balaban J connectivity index is 1.95. The van der Waals surface area contributed by atoms with Crippen molar-refractivity contribution >= 4 is 23.2 Å². The van der Waals surface area contributed by atoms with Gasteiger partial charge in [0.25, 0.3) is 0 Å². The van der Waals surface area contributed by atoms with Crippen LogP contribution >= 0.6 is 11.6 Å². The van der Waals surface area contributed by atoms with Gasteiger partial charge in [-0.25, -0.2) is 0 Å². The average molecular weight is 299 g/mol. The number of carbonyl (C=O) groups excluding carboxylic acids is 1. The van der Waals surface area contributed by atoms with Crippen LogP contribution in [0.15, 0.2) is 12.1 Å². The van der Waals surface area contributed by atoms with Crippen molar-refractivity contribution in [3.8, 4) is 11.5 Å². The fourth-order valence-electron chi connectivity index (χ4n) is 1.86. The van der Waals surface area contributed by atoms with Crippen LogP contribution in [0.3, 0.4) is 0 Å². The summed E-state index contributed by atoms with van der Waals surface area (Å²) < 4.78 is 10.3. The lowest BCUT2D eigenvalue weighted by Gasteiger charge is -2.13. The largest absolute Gasteiger partial charge is 0.495 e. The van der Waals surface area contributed by atoms with E-state index in [1.807, 2.05) is 0 Å². The van der Waals surface area contributed by atoms with Gasteiger partial charge >= 0.3 is 0 Å². The Hall–Kier alpha value is -1.46. The molecule has 1 saturated carbocycles. The summed E-state index contributed by atoms with van der Waals surface area (Å²) in [7, 11) is 3.06. The zero-order valence-electron chi connectivity index (χ0n) is 11.7. The summed E-state index contributed by atoms with van der Waals surface area (Å²) in [6, 6.07) is 3.27. The van der Waals surface area contributed by atoms with E-state index >= 15 is 0 Å². The van der Waals surface area contributed by atoms with Crippen LogP contribution in [-0.2, 0) is 4.79 Å². The number of nitrogens with one attached hydrogen (secondary N) is 2. The van der Waals surface area contributed by atoms with Gasteiger partial charge in [-0.3, -0.25) is 4.79 Å². The number of rotatable bonds is 7. The van der Waals surface area contributed by atoms with E-state index in [9.17, 15) is 4.79 Å². The van der Waals surface area contributed by atoms with Crippen molar-refractivity contribution in [1.82, 2.24) is 5.32 Å². The SMILES string of the molecule is COc1cc(OC)c(NC(=O)CNCC2CC2)cc1Cl. The Bertz CT molecular complexity index is 490. The molecule has 1 aromatic rings. The van der Waals surface area contributed by atoms with Gasteiger partial charge in [-0.05, 0) is 31.4 Å². The molecule has 0 bridgehead atoms. The van der Waals surface area contributed by atoms with Crippen molar-refractivity contribution in [2.75, 3.05) is 32.6 Å². The molecular formula is C14H19ClN2O3. The van der Waals surface area contributed by atoms with Crippen molar-refractivity contribution in [3.05, 3.63) is 17.2 Å². The molecule has 0 aromatic heterocycles. The second-order valence-electron chi connectivity index (χ2n) is 4.81. The summed E-state index contributed by atoms with van der Waals surface area (Å²) in [6.45, 7) is 1.18. The molecule has 0 radical (unpaired) electrons. The van der Waals surface area contributed by atoms with Gasteiger partial charge in [-0.1, -0.05) is 11.6 Å². The molecule has 1 amide bonds. The smallest absolute Gasteiger partial charge is 0.238 e. The average Bonchev–Trinajstić information content (AvgIpc) is 3.23. The third-order valence-electron chi connectivity index (χ3n) is 3.16. The number of ether oxygens (including phenoxy) is 2. The van der Waals surface area contributed by atoms with E-state index in [4.69, 9.17) is 21.1 Å². The van der Waals surface area contributed by atoms with Crippen LogP contribution in [0.25, 0.3) is 0 Å². The highest BCUT2D eigenvalue weighted by Gasteiger charge is 2.20.